The van der Waals surface area contributed by atoms with E-state index in [1.165, 1.54) is 43.4 Å². The standard InChI is InChI=1S/C18H30N2/c1-4-19-18(16-12-10-15(3)11-13-16)14-20(5-2)17-8-6-7-9-17/h10-13,17-19H,4-9,14H2,1-3H3. The van der Waals surface area contributed by atoms with Gasteiger partial charge in [-0.25, -0.2) is 0 Å². The summed E-state index contributed by atoms with van der Waals surface area (Å²) in [4.78, 5) is 2.68. The van der Waals surface area contributed by atoms with Gasteiger partial charge in [0.1, 0.15) is 0 Å². The van der Waals surface area contributed by atoms with E-state index in [0.717, 1.165) is 19.1 Å². The quantitative estimate of drug-likeness (QED) is 0.811. The maximum Gasteiger partial charge on any atom is 0.0449 e. The minimum absolute atomic E-state index is 0.459. The van der Waals surface area contributed by atoms with Crippen molar-refractivity contribution in [2.45, 2.75) is 58.5 Å². The Bertz CT molecular complexity index is 379. The van der Waals surface area contributed by atoms with Gasteiger partial charge in [-0.15, -0.1) is 0 Å². The van der Waals surface area contributed by atoms with E-state index in [9.17, 15) is 0 Å². The average molecular weight is 274 g/mol. The van der Waals surface area contributed by atoms with Gasteiger partial charge < -0.3 is 5.32 Å². The van der Waals surface area contributed by atoms with Crippen LogP contribution in [0, 0.1) is 6.92 Å². The average Bonchev–Trinajstić information content (AvgIpc) is 2.98. The summed E-state index contributed by atoms with van der Waals surface area (Å²) >= 11 is 0. The summed E-state index contributed by atoms with van der Waals surface area (Å²) in [6.45, 7) is 9.99. The number of hydrogen-bond donors (Lipinski definition) is 1. The smallest absolute Gasteiger partial charge is 0.0449 e. The van der Waals surface area contributed by atoms with Crippen LogP contribution in [0.4, 0.5) is 0 Å². The second kappa shape index (κ2) is 7.80. The van der Waals surface area contributed by atoms with E-state index in [1.54, 1.807) is 0 Å². The molecule has 112 valence electrons. The van der Waals surface area contributed by atoms with Gasteiger partial charge in [0.2, 0.25) is 0 Å². The van der Waals surface area contributed by atoms with Crippen LogP contribution in [0.15, 0.2) is 24.3 Å². The van der Waals surface area contributed by atoms with Crippen LogP contribution in [0.25, 0.3) is 0 Å². The molecule has 0 amide bonds. The molecular weight excluding hydrogens is 244 g/mol. The first-order valence-corrected chi connectivity index (χ1v) is 8.28. The molecule has 2 heteroatoms. The van der Waals surface area contributed by atoms with Gasteiger partial charge in [-0.05, 0) is 38.4 Å². The maximum atomic E-state index is 3.66. The molecule has 0 aromatic heterocycles. The van der Waals surface area contributed by atoms with Gasteiger partial charge in [-0.1, -0.05) is 56.5 Å². The highest BCUT2D eigenvalue weighted by atomic mass is 15.2. The molecule has 0 saturated heterocycles. The number of nitrogens with zero attached hydrogens (tertiary/aromatic N) is 1. The van der Waals surface area contributed by atoms with Crippen LogP contribution < -0.4 is 5.32 Å². The van der Waals surface area contributed by atoms with Crippen molar-refractivity contribution >= 4 is 0 Å². The number of aryl methyl sites for hydroxylation is 1. The van der Waals surface area contributed by atoms with E-state index >= 15 is 0 Å². The zero-order chi connectivity index (χ0) is 14.4. The number of rotatable bonds is 7. The predicted octanol–water partition coefficient (Wildman–Crippen LogP) is 3.91. The van der Waals surface area contributed by atoms with Crippen LogP contribution in [0.5, 0.6) is 0 Å². The molecule has 1 aliphatic rings. The largest absolute Gasteiger partial charge is 0.309 e. The van der Waals surface area contributed by atoms with Gasteiger partial charge in [-0.3, -0.25) is 4.90 Å². The van der Waals surface area contributed by atoms with E-state index in [2.05, 4.69) is 55.3 Å². The van der Waals surface area contributed by atoms with Gasteiger partial charge in [0.25, 0.3) is 0 Å². The lowest BCUT2D eigenvalue weighted by Gasteiger charge is -2.32. The van der Waals surface area contributed by atoms with Crippen LogP contribution >= 0.6 is 0 Å². The van der Waals surface area contributed by atoms with Crippen molar-refractivity contribution < 1.29 is 0 Å². The Morgan fingerprint density at radius 2 is 1.80 bits per heavy atom. The van der Waals surface area contributed by atoms with Crippen molar-refractivity contribution in [1.82, 2.24) is 10.2 Å². The fourth-order valence-corrected chi connectivity index (χ4v) is 3.37. The third-order valence-corrected chi connectivity index (χ3v) is 4.59. The molecule has 0 heterocycles. The Labute approximate surface area is 124 Å². The van der Waals surface area contributed by atoms with E-state index in [4.69, 9.17) is 0 Å². The summed E-state index contributed by atoms with van der Waals surface area (Å²) in [5, 5.41) is 3.66. The lowest BCUT2D eigenvalue weighted by molar-refractivity contribution is 0.187. The van der Waals surface area contributed by atoms with E-state index in [-0.39, 0.29) is 0 Å². The molecule has 0 aliphatic heterocycles. The van der Waals surface area contributed by atoms with Gasteiger partial charge in [0, 0.05) is 18.6 Å². The van der Waals surface area contributed by atoms with E-state index < -0.39 is 0 Å². The van der Waals surface area contributed by atoms with Gasteiger partial charge in [0.05, 0.1) is 0 Å². The third kappa shape index (κ3) is 4.07. The molecule has 1 fully saturated rings. The van der Waals surface area contributed by atoms with E-state index in [0.29, 0.717) is 6.04 Å². The monoisotopic (exact) mass is 274 g/mol. The lowest BCUT2D eigenvalue weighted by atomic mass is 10.0. The Balaban J connectivity index is 2.05. The molecule has 0 bridgehead atoms. The van der Waals surface area contributed by atoms with Crippen LogP contribution in [-0.4, -0.2) is 30.6 Å². The maximum absolute atomic E-state index is 3.66. The first kappa shape index (κ1) is 15.5. The van der Waals surface area contributed by atoms with E-state index in [1.807, 2.05) is 0 Å². The summed E-state index contributed by atoms with van der Waals surface area (Å²) in [7, 11) is 0. The Morgan fingerprint density at radius 3 is 2.35 bits per heavy atom. The molecule has 1 atom stereocenters. The van der Waals surface area contributed by atoms with Crippen molar-refractivity contribution in [3.8, 4) is 0 Å². The van der Waals surface area contributed by atoms with Crippen molar-refractivity contribution in [2.75, 3.05) is 19.6 Å². The highest BCUT2D eigenvalue weighted by molar-refractivity contribution is 5.24. The molecular formula is C18H30N2. The minimum atomic E-state index is 0.459. The lowest BCUT2D eigenvalue weighted by Crippen LogP contribution is -2.40. The first-order chi connectivity index (χ1) is 9.74. The van der Waals surface area contributed by atoms with Gasteiger partial charge in [0.15, 0.2) is 0 Å². The highest BCUT2D eigenvalue weighted by Gasteiger charge is 2.24. The van der Waals surface area contributed by atoms with Crippen LogP contribution in [0.2, 0.25) is 0 Å². The molecule has 1 saturated carbocycles. The zero-order valence-corrected chi connectivity index (χ0v) is 13.4. The third-order valence-electron chi connectivity index (χ3n) is 4.59. The molecule has 2 nitrogen and oxygen atoms in total. The SMILES string of the molecule is CCNC(CN(CC)C1CCCC1)c1ccc(C)cc1. The number of likely N-dealkylation sites (N-methyl/N-ethyl adjacent to an activating group) is 2. The summed E-state index contributed by atoms with van der Waals surface area (Å²) < 4.78 is 0. The zero-order valence-electron chi connectivity index (χ0n) is 13.4. The van der Waals surface area contributed by atoms with Crippen LogP contribution in [0.1, 0.15) is 56.7 Å². The van der Waals surface area contributed by atoms with Crippen molar-refractivity contribution in [3.05, 3.63) is 35.4 Å². The molecule has 2 rings (SSSR count). The normalized spacial score (nSPS) is 17.8. The number of benzene rings is 1. The first-order valence-electron chi connectivity index (χ1n) is 8.28. The molecule has 20 heavy (non-hydrogen) atoms. The van der Waals surface area contributed by atoms with Gasteiger partial charge in [-0.2, -0.15) is 0 Å². The summed E-state index contributed by atoms with van der Waals surface area (Å²) in [6, 6.07) is 10.3. The van der Waals surface area contributed by atoms with Crippen LogP contribution in [0.3, 0.4) is 0 Å². The van der Waals surface area contributed by atoms with Gasteiger partial charge >= 0.3 is 0 Å². The molecule has 1 N–H and O–H groups in total. The van der Waals surface area contributed by atoms with Crippen LogP contribution in [-0.2, 0) is 0 Å². The summed E-state index contributed by atoms with van der Waals surface area (Å²) in [5.41, 5.74) is 2.76. The Kier molecular flexibility index (Phi) is 6.06. The second-order valence-electron chi connectivity index (χ2n) is 6.05. The molecule has 1 aromatic carbocycles. The predicted molar refractivity (Wildman–Crippen MR) is 87.1 cm³/mol. The summed E-state index contributed by atoms with van der Waals surface area (Å²) in [5.74, 6) is 0. The topological polar surface area (TPSA) is 15.3 Å². The molecule has 1 aliphatic carbocycles. The fourth-order valence-electron chi connectivity index (χ4n) is 3.37. The number of nitrogens with one attached hydrogen (secondary N) is 1. The number of hydrogen-bond acceptors (Lipinski definition) is 2. The van der Waals surface area contributed by atoms with Crippen molar-refractivity contribution in [1.29, 1.82) is 0 Å². The summed E-state index contributed by atoms with van der Waals surface area (Å²) in [6.07, 6.45) is 5.61. The van der Waals surface area contributed by atoms with Crippen molar-refractivity contribution in [2.24, 2.45) is 0 Å². The molecule has 0 radical (unpaired) electrons. The van der Waals surface area contributed by atoms with Crippen molar-refractivity contribution in [3.63, 3.8) is 0 Å². The molecule has 1 unspecified atom stereocenters. The Morgan fingerprint density at radius 1 is 1.15 bits per heavy atom. The molecule has 1 aromatic rings. The fraction of sp³-hybridized carbons (Fsp3) is 0.667. The highest BCUT2D eigenvalue weighted by Crippen LogP contribution is 2.25. The minimum Gasteiger partial charge on any atom is -0.309 e. The Hall–Kier alpha value is -0.860. The molecule has 0 spiro atoms. The second-order valence-corrected chi connectivity index (χ2v) is 6.05.